The van der Waals surface area contributed by atoms with Crippen LogP contribution in [-0.2, 0) is 9.59 Å². The van der Waals surface area contributed by atoms with Crippen molar-refractivity contribution in [3.63, 3.8) is 0 Å². The summed E-state index contributed by atoms with van der Waals surface area (Å²) in [6, 6.07) is 6.52. The summed E-state index contributed by atoms with van der Waals surface area (Å²) >= 11 is 0. The SMILES string of the molecule is COc1ccc(C(O)=CC(=O)CCC(=O)O)cc1. The van der Waals surface area contributed by atoms with E-state index in [2.05, 4.69) is 0 Å². The van der Waals surface area contributed by atoms with Gasteiger partial charge < -0.3 is 14.9 Å². The van der Waals surface area contributed by atoms with Crippen LogP contribution in [0.3, 0.4) is 0 Å². The van der Waals surface area contributed by atoms with Gasteiger partial charge in [-0.05, 0) is 24.3 Å². The van der Waals surface area contributed by atoms with Gasteiger partial charge in [-0.3, -0.25) is 9.59 Å². The predicted molar refractivity (Wildman–Crippen MR) is 65.5 cm³/mol. The van der Waals surface area contributed by atoms with Crippen molar-refractivity contribution in [1.82, 2.24) is 0 Å². The fraction of sp³-hybridized carbons (Fsp3) is 0.231. The van der Waals surface area contributed by atoms with Crippen molar-refractivity contribution in [2.24, 2.45) is 0 Å². The molecule has 0 amide bonds. The molecule has 0 aliphatic heterocycles. The molecule has 0 fully saturated rings. The van der Waals surface area contributed by atoms with Crippen molar-refractivity contribution in [2.45, 2.75) is 12.8 Å². The van der Waals surface area contributed by atoms with E-state index in [0.29, 0.717) is 11.3 Å². The Balaban J connectivity index is 2.69. The highest BCUT2D eigenvalue weighted by atomic mass is 16.5. The maximum atomic E-state index is 11.3. The highest BCUT2D eigenvalue weighted by Crippen LogP contribution is 2.16. The number of aliphatic hydroxyl groups is 1. The first-order chi connectivity index (χ1) is 8.52. The lowest BCUT2D eigenvalue weighted by Gasteiger charge is -2.02. The molecule has 5 heteroatoms. The maximum absolute atomic E-state index is 11.3. The van der Waals surface area contributed by atoms with Gasteiger partial charge in [0.2, 0.25) is 0 Å². The molecular weight excluding hydrogens is 236 g/mol. The second kappa shape index (κ2) is 6.44. The van der Waals surface area contributed by atoms with E-state index in [1.165, 1.54) is 7.11 Å². The zero-order chi connectivity index (χ0) is 13.5. The van der Waals surface area contributed by atoms with Gasteiger partial charge in [-0.1, -0.05) is 0 Å². The number of carboxylic acids is 1. The molecule has 96 valence electrons. The molecule has 0 spiro atoms. The zero-order valence-electron chi connectivity index (χ0n) is 9.92. The molecule has 18 heavy (non-hydrogen) atoms. The van der Waals surface area contributed by atoms with Gasteiger partial charge in [-0.2, -0.15) is 0 Å². The number of carbonyl (C=O) groups is 2. The van der Waals surface area contributed by atoms with Crippen LogP contribution in [0, 0.1) is 0 Å². The summed E-state index contributed by atoms with van der Waals surface area (Å²) in [6.45, 7) is 0. The Kier molecular flexibility index (Phi) is 4.92. The van der Waals surface area contributed by atoms with E-state index in [-0.39, 0.29) is 18.6 Å². The molecule has 0 heterocycles. The minimum Gasteiger partial charge on any atom is -0.507 e. The van der Waals surface area contributed by atoms with E-state index in [0.717, 1.165) is 6.08 Å². The number of aliphatic carboxylic acids is 1. The molecule has 0 atom stereocenters. The third kappa shape index (κ3) is 4.29. The first-order valence-electron chi connectivity index (χ1n) is 5.32. The summed E-state index contributed by atoms with van der Waals surface area (Å²) < 4.78 is 4.96. The number of aliphatic hydroxyl groups excluding tert-OH is 1. The Hall–Kier alpha value is -2.30. The topological polar surface area (TPSA) is 83.8 Å². The molecule has 0 saturated heterocycles. The average molecular weight is 250 g/mol. The fourth-order valence-electron chi connectivity index (χ4n) is 1.30. The van der Waals surface area contributed by atoms with Crippen LogP contribution < -0.4 is 4.74 Å². The first-order valence-corrected chi connectivity index (χ1v) is 5.32. The Morgan fingerprint density at radius 3 is 2.28 bits per heavy atom. The van der Waals surface area contributed by atoms with Gasteiger partial charge in [0.15, 0.2) is 5.78 Å². The number of benzene rings is 1. The van der Waals surface area contributed by atoms with Crippen LogP contribution in [0.2, 0.25) is 0 Å². The van der Waals surface area contributed by atoms with Gasteiger partial charge in [0.25, 0.3) is 0 Å². The zero-order valence-corrected chi connectivity index (χ0v) is 9.92. The molecule has 5 nitrogen and oxygen atoms in total. The summed E-state index contributed by atoms with van der Waals surface area (Å²) in [4.78, 5) is 21.6. The molecule has 0 bridgehead atoms. The third-order valence-corrected chi connectivity index (χ3v) is 2.27. The van der Waals surface area contributed by atoms with E-state index in [1.54, 1.807) is 24.3 Å². The second-order valence-corrected chi connectivity index (χ2v) is 3.62. The lowest BCUT2D eigenvalue weighted by Crippen LogP contribution is -2.01. The average Bonchev–Trinajstić information content (AvgIpc) is 2.36. The number of carboxylic acid groups (broad SMARTS) is 1. The van der Waals surface area contributed by atoms with E-state index < -0.39 is 11.8 Å². The minimum atomic E-state index is -1.04. The van der Waals surface area contributed by atoms with Gasteiger partial charge in [0.05, 0.1) is 13.5 Å². The Labute approximate surface area is 104 Å². The van der Waals surface area contributed by atoms with Gasteiger partial charge in [-0.25, -0.2) is 0 Å². The summed E-state index contributed by atoms with van der Waals surface area (Å²) in [5.41, 5.74) is 0.472. The van der Waals surface area contributed by atoms with Crippen molar-refractivity contribution < 1.29 is 24.5 Å². The first kappa shape index (κ1) is 13.8. The predicted octanol–water partition coefficient (Wildman–Crippen LogP) is 2.03. The van der Waals surface area contributed by atoms with Crippen LogP contribution >= 0.6 is 0 Å². The maximum Gasteiger partial charge on any atom is 0.303 e. The van der Waals surface area contributed by atoms with E-state index in [9.17, 15) is 14.7 Å². The lowest BCUT2D eigenvalue weighted by atomic mass is 10.1. The van der Waals surface area contributed by atoms with Crippen molar-refractivity contribution >= 4 is 17.5 Å². The lowest BCUT2D eigenvalue weighted by molar-refractivity contribution is -0.138. The largest absolute Gasteiger partial charge is 0.507 e. The van der Waals surface area contributed by atoms with Crippen molar-refractivity contribution in [3.05, 3.63) is 35.9 Å². The van der Waals surface area contributed by atoms with Crippen LogP contribution in [0.25, 0.3) is 5.76 Å². The van der Waals surface area contributed by atoms with E-state index >= 15 is 0 Å². The minimum absolute atomic E-state index is 0.129. The van der Waals surface area contributed by atoms with Gasteiger partial charge >= 0.3 is 5.97 Å². The molecule has 1 rings (SSSR count). The highest BCUT2D eigenvalue weighted by Gasteiger charge is 2.06. The molecule has 0 saturated carbocycles. The van der Waals surface area contributed by atoms with E-state index in [4.69, 9.17) is 9.84 Å². The monoisotopic (exact) mass is 250 g/mol. The molecule has 1 aromatic carbocycles. The van der Waals surface area contributed by atoms with Crippen molar-refractivity contribution in [3.8, 4) is 5.75 Å². The molecule has 0 aliphatic carbocycles. The second-order valence-electron chi connectivity index (χ2n) is 3.62. The highest BCUT2D eigenvalue weighted by molar-refractivity contribution is 5.96. The number of ketones is 1. The molecule has 0 aromatic heterocycles. The summed E-state index contributed by atoms with van der Waals surface area (Å²) in [7, 11) is 1.53. The van der Waals surface area contributed by atoms with Crippen molar-refractivity contribution in [2.75, 3.05) is 7.11 Å². The quantitative estimate of drug-likeness (QED) is 0.596. The molecule has 2 N–H and O–H groups in total. The van der Waals surface area contributed by atoms with Crippen LogP contribution in [0.15, 0.2) is 30.3 Å². The smallest absolute Gasteiger partial charge is 0.303 e. The number of rotatable bonds is 6. The summed E-state index contributed by atoms with van der Waals surface area (Å²) in [5, 5.41) is 18.1. The van der Waals surface area contributed by atoms with Crippen LogP contribution in [0.1, 0.15) is 18.4 Å². The molecule has 1 aromatic rings. The number of allylic oxidation sites excluding steroid dienone is 1. The molecule has 0 aliphatic rings. The summed E-state index contributed by atoms with van der Waals surface area (Å²) in [5.74, 6) is -1.01. The number of methoxy groups -OCH3 is 1. The van der Waals surface area contributed by atoms with Crippen LogP contribution in [0.5, 0.6) is 5.75 Å². The number of hydrogen-bond donors (Lipinski definition) is 2. The van der Waals surface area contributed by atoms with Gasteiger partial charge in [0.1, 0.15) is 11.5 Å². The number of hydrogen-bond acceptors (Lipinski definition) is 4. The van der Waals surface area contributed by atoms with Gasteiger partial charge in [0, 0.05) is 18.1 Å². The van der Waals surface area contributed by atoms with E-state index in [1.807, 2.05) is 0 Å². The Morgan fingerprint density at radius 1 is 1.17 bits per heavy atom. The van der Waals surface area contributed by atoms with Gasteiger partial charge in [-0.15, -0.1) is 0 Å². The fourth-order valence-corrected chi connectivity index (χ4v) is 1.30. The number of carbonyl (C=O) groups excluding carboxylic acids is 1. The Morgan fingerprint density at radius 2 is 1.78 bits per heavy atom. The van der Waals surface area contributed by atoms with Crippen molar-refractivity contribution in [1.29, 1.82) is 0 Å². The van der Waals surface area contributed by atoms with Crippen LogP contribution in [0.4, 0.5) is 0 Å². The normalized spacial score (nSPS) is 11.1. The van der Waals surface area contributed by atoms with Crippen LogP contribution in [-0.4, -0.2) is 29.1 Å². The number of ether oxygens (including phenoxy) is 1. The molecule has 0 unspecified atom stereocenters. The summed E-state index contributed by atoms with van der Waals surface area (Å²) in [6.07, 6.45) is 0.658. The standard InChI is InChI=1S/C13H14O5/c1-18-11-5-2-9(3-6-11)12(15)8-10(14)4-7-13(16)17/h2-3,5-6,8,15H,4,7H2,1H3,(H,16,17). The Bertz CT molecular complexity index is 459. The molecule has 0 radical (unpaired) electrons. The molecular formula is C13H14O5. The third-order valence-electron chi connectivity index (χ3n) is 2.27.